The number of nitrogens with zero attached hydrogens (tertiary/aromatic N) is 5. The summed E-state index contributed by atoms with van der Waals surface area (Å²) in [5.74, 6) is 1.36. The van der Waals surface area contributed by atoms with Crippen LogP contribution in [-0.2, 0) is 0 Å². The number of carbonyl (C=O) groups excluding carboxylic acids is 1. The number of carbonyl (C=O) groups is 1. The summed E-state index contributed by atoms with van der Waals surface area (Å²) in [5, 5.41) is 10.6. The smallest absolute Gasteiger partial charge is 0.321 e. The Hall–Kier alpha value is -3.42. The summed E-state index contributed by atoms with van der Waals surface area (Å²) >= 11 is 0. The van der Waals surface area contributed by atoms with Crippen molar-refractivity contribution in [1.29, 1.82) is 0 Å². The lowest BCUT2D eigenvalue weighted by atomic mass is 10.2. The monoisotopic (exact) mass is 389 g/mol. The maximum absolute atomic E-state index is 11.8. The van der Waals surface area contributed by atoms with Gasteiger partial charge in [-0.3, -0.25) is 9.58 Å². The van der Waals surface area contributed by atoms with Gasteiger partial charge in [-0.2, -0.15) is 5.10 Å². The van der Waals surface area contributed by atoms with E-state index in [4.69, 9.17) is 0 Å². The first-order chi connectivity index (χ1) is 14.3. The first kappa shape index (κ1) is 17.7. The number of anilines is 3. The van der Waals surface area contributed by atoms with Gasteiger partial charge in [-0.25, -0.2) is 14.8 Å². The Morgan fingerprint density at radius 3 is 2.69 bits per heavy atom. The number of hydrogen-bond acceptors (Lipinski definition) is 5. The van der Waals surface area contributed by atoms with Crippen LogP contribution >= 0.6 is 0 Å². The molecule has 1 aliphatic heterocycles. The van der Waals surface area contributed by atoms with Crippen molar-refractivity contribution in [2.45, 2.75) is 31.7 Å². The lowest BCUT2D eigenvalue weighted by Gasteiger charge is -2.14. The van der Waals surface area contributed by atoms with Crippen molar-refractivity contribution in [2.24, 2.45) is 0 Å². The molecule has 1 saturated heterocycles. The second-order valence-electron chi connectivity index (χ2n) is 7.47. The van der Waals surface area contributed by atoms with Crippen LogP contribution in [0.15, 0.2) is 48.9 Å². The highest BCUT2D eigenvalue weighted by atomic mass is 16.2. The fourth-order valence-electron chi connectivity index (χ4n) is 3.99. The third-order valence-electron chi connectivity index (χ3n) is 5.52. The molecule has 2 N–H and O–H groups in total. The summed E-state index contributed by atoms with van der Waals surface area (Å²) in [6, 6.07) is 10.0. The third kappa shape index (κ3) is 3.65. The Morgan fingerprint density at radius 2 is 1.93 bits per heavy atom. The van der Waals surface area contributed by atoms with Gasteiger partial charge in [0, 0.05) is 36.7 Å². The van der Waals surface area contributed by atoms with Crippen LogP contribution in [0.25, 0.3) is 11.4 Å². The molecule has 2 aromatic heterocycles. The quantitative estimate of drug-likeness (QED) is 0.694. The van der Waals surface area contributed by atoms with Crippen molar-refractivity contribution in [2.75, 3.05) is 23.3 Å². The molecule has 8 nitrogen and oxygen atoms in total. The molecule has 1 aliphatic carbocycles. The van der Waals surface area contributed by atoms with Gasteiger partial charge < -0.3 is 10.6 Å². The Balaban J connectivity index is 1.31. The van der Waals surface area contributed by atoms with Crippen LogP contribution in [0.5, 0.6) is 0 Å². The lowest BCUT2D eigenvalue weighted by Crippen LogP contribution is -2.27. The van der Waals surface area contributed by atoms with Gasteiger partial charge in [0.15, 0.2) is 5.82 Å². The van der Waals surface area contributed by atoms with Crippen LogP contribution in [0.4, 0.5) is 22.0 Å². The van der Waals surface area contributed by atoms with Crippen molar-refractivity contribution in [3.05, 3.63) is 48.9 Å². The Labute approximate surface area is 169 Å². The number of benzene rings is 1. The normalized spacial score (nSPS) is 17.0. The summed E-state index contributed by atoms with van der Waals surface area (Å²) in [6.07, 6.45) is 10.6. The van der Waals surface area contributed by atoms with E-state index >= 15 is 0 Å². The third-order valence-corrected chi connectivity index (χ3v) is 5.52. The zero-order valence-corrected chi connectivity index (χ0v) is 16.1. The molecule has 2 aliphatic rings. The molecule has 1 saturated carbocycles. The Kier molecular flexibility index (Phi) is 4.59. The minimum absolute atomic E-state index is 0.0571. The number of nitrogens with one attached hydrogen (secondary N) is 2. The molecular formula is C21H23N7O. The Morgan fingerprint density at radius 1 is 1.10 bits per heavy atom. The SMILES string of the molecule is O=C1NCCN1c1ccc(-c2nccc(Nc3cnn(C4CCCC4)c3)n2)cc1. The number of hydrogen-bond donors (Lipinski definition) is 2. The van der Waals surface area contributed by atoms with Crippen LogP contribution in [0.1, 0.15) is 31.7 Å². The molecular weight excluding hydrogens is 366 g/mol. The van der Waals surface area contributed by atoms with Crippen LogP contribution in [-0.4, -0.2) is 38.9 Å². The first-order valence-corrected chi connectivity index (χ1v) is 10.1. The lowest BCUT2D eigenvalue weighted by molar-refractivity contribution is 0.252. The minimum atomic E-state index is -0.0571. The van der Waals surface area contributed by atoms with E-state index in [9.17, 15) is 4.79 Å². The Bertz CT molecular complexity index is 1010. The molecule has 5 rings (SSSR count). The maximum Gasteiger partial charge on any atom is 0.321 e. The predicted molar refractivity (Wildman–Crippen MR) is 111 cm³/mol. The van der Waals surface area contributed by atoms with Crippen molar-refractivity contribution < 1.29 is 4.79 Å². The van der Waals surface area contributed by atoms with E-state index in [0.29, 0.717) is 25.0 Å². The molecule has 0 radical (unpaired) electrons. The van der Waals surface area contributed by atoms with Crippen LogP contribution in [0, 0.1) is 0 Å². The molecule has 3 aromatic rings. The molecule has 148 valence electrons. The minimum Gasteiger partial charge on any atom is -0.338 e. The standard InChI is InChI=1S/C21H23N7O/c29-21-23-11-12-27(21)17-7-5-15(6-8-17)20-22-10-9-19(26-20)25-16-13-24-28(14-16)18-3-1-2-4-18/h5-10,13-14,18H,1-4,11-12H2,(H,23,29)(H,22,25,26). The van der Waals surface area contributed by atoms with E-state index < -0.39 is 0 Å². The van der Waals surface area contributed by atoms with Gasteiger partial charge in [-0.15, -0.1) is 0 Å². The fraction of sp³-hybridized carbons (Fsp3) is 0.333. The summed E-state index contributed by atoms with van der Waals surface area (Å²) < 4.78 is 2.06. The fourth-order valence-corrected chi connectivity index (χ4v) is 3.99. The van der Waals surface area contributed by atoms with Gasteiger partial charge in [0.25, 0.3) is 0 Å². The molecule has 1 aromatic carbocycles. The second-order valence-corrected chi connectivity index (χ2v) is 7.47. The van der Waals surface area contributed by atoms with Gasteiger partial charge >= 0.3 is 6.03 Å². The highest BCUT2D eigenvalue weighted by Crippen LogP contribution is 2.30. The van der Waals surface area contributed by atoms with E-state index in [1.807, 2.05) is 42.7 Å². The van der Waals surface area contributed by atoms with Crippen LogP contribution < -0.4 is 15.5 Å². The number of amides is 2. The van der Waals surface area contributed by atoms with Crippen LogP contribution in [0.2, 0.25) is 0 Å². The van der Waals surface area contributed by atoms with Gasteiger partial charge in [0.05, 0.1) is 17.9 Å². The van der Waals surface area contributed by atoms with Crippen molar-refractivity contribution in [3.8, 4) is 11.4 Å². The van der Waals surface area contributed by atoms with Gasteiger partial charge in [-0.1, -0.05) is 12.8 Å². The van der Waals surface area contributed by atoms with E-state index in [1.54, 1.807) is 11.1 Å². The second kappa shape index (κ2) is 7.54. The molecule has 0 unspecified atom stereocenters. The predicted octanol–water partition coefficient (Wildman–Crippen LogP) is 3.73. The van der Waals surface area contributed by atoms with Crippen molar-refractivity contribution in [1.82, 2.24) is 25.1 Å². The summed E-state index contributed by atoms with van der Waals surface area (Å²) in [7, 11) is 0. The molecule has 2 fully saturated rings. The highest BCUT2D eigenvalue weighted by Gasteiger charge is 2.21. The molecule has 2 amide bonds. The molecule has 29 heavy (non-hydrogen) atoms. The number of urea groups is 1. The molecule has 0 bridgehead atoms. The molecule has 3 heterocycles. The zero-order valence-electron chi connectivity index (χ0n) is 16.1. The first-order valence-electron chi connectivity index (χ1n) is 10.1. The number of rotatable bonds is 5. The average molecular weight is 389 g/mol. The largest absolute Gasteiger partial charge is 0.338 e. The average Bonchev–Trinajstić information content (AvgIpc) is 3.50. The number of aromatic nitrogens is 4. The topological polar surface area (TPSA) is 88.0 Å². The van der Waals surface area contributed by atoms with Crippen LogP contribution in [0.3, 0.4) is 0 Å². The van der Waals surface area contributed by atoms with E-state index in [0.717, 1.165) is 22.8 Å². The van der Waals surface area contributed by atoms with E-state index in [2.05, 4.69) is 30.4 Å². The summed E-state index contributed by atoms with van der Waals surface area (Å²) in [4.78, 5) is 22.6. The molecule has 0 spiro atoms. The van der Waals surface area contributed by atoms with Crippen molar-refractivity contribution >= 4 is 23.2 Å². The van der Waals surface area contributed by atoms with Crippen molar-refractivity contribution in [3.63, 3.8) is 0 Å². The van der Waals surface area contributed by atoms with Gasteiger partial charge in [0.2, 0.25) is 0 Å². The zero-order chi connectivity index (χ0) is 19.6. The molecule has 0 atom stereocenters. The van der Waals surface area contributed by atoms with Gasteiger partial charge in [-0.05, 0) is 43.2 Å². The summed E-state index contributed by atoms with van der Waals surface area (Å²) in [5.41, 5.74) is 2.70. The van der Waals surface area contributed by atoms with Gasteiger partial charge in [0.1, 0.15) is 5.82 Å². The van der Waals surface area contributed by atoms with E-state index in [-0.39, 0.29) is 6.03 Å². The molecule has 8 heteroatoms. The summed E-state index contributed by atoms with van der Waals surface area (Å²) in [6.45, 7) is 1.36. The highest BCUT2D eigenvalue weighted by molar-refractivity contribution is 5.94. The van der Waals surface area contributed by atoms with E-state index in [1.165, 1.54) is 25.7 Å². The maximum atomic E-state index is 11.8.